The van der Waals surface area contributed by atoms with Crippen LogP contribution < -0.4 is 5.56 Å². The van der Waals surface area contributed by atoms with Gasteiger partial charge in [-0.15, -0.1) is 0 Å². The third-order valence-electron chi connectivity index (χ3n) is 1.82. The minimum Gasteiger partial charge on any atom is -0.394 e. The van der Waals surface area contributed by atoms with E-state index in [1.54, 1.807) is 6.92 Å². The minimum atomic E-state index is -0.899. The van der Waals surface area contributed by atoms with Gasteiger partial charge in [-0.25, -0.2) is 4.98 Å². The Hall–Kier alpha value is -1.20. The quantitative estimate of drug-likeness (QED) is 0.561. The third kappa shape index (κ3) is 2.37. The van der Waals surface area contributed by atoms with E-state index in [4.69, 9.17) is 10.2 Å². The Bertz CT molecular complexity index is 334. The zero-order valence-corrected chi connectivity index (χ0v) is 7.32. The first-order valence-corrected chi connectivity index (χ1v) is 3.97. The number of nitrogens with one attached hydrogen (secondary N) is 1. The maximum absolute atomic E-state index is 11.2. The minimum absolute atomic E-state index is 0.130. The highest BCUT2D eigenvalue weighted by atomic mass is 16.3. The van der Waals surface area contributed by atoms with Crippen LogP contribution in [0.25, 0.3) is 0 Å². The van der Waals surface area contributed by atoms with Gasteiger partial charge in [0.2, 0.25) is 0 Å². The molecule has 1 aromatic heterocycles. The molecule has 0 bridgehead atoms. The fraction of sp³-hybridized carbons (Fsp3) is 0.500. The Morgan fingerprint density at radius 3 is 2.92 bits per heavy atom. The summed E-state index contributed by atoms with van der Waals surface area (Å²) in [6.07, 6.45) is 0.543. The van der Waals surface area contributed by atoms with Crippen molar-refractivity contribution in [1.82, 2.24) is 9.97 Å². The van der Waals surface area contributed by atoms with E-state index in [1.165, 1.54) is 6.33 Å². The van der Waals surface area contributed by atoms with Crippen molar-refractivity contribution < 1.29 is 10.2 Å². The number of H-pyrrole nitrogens is 1. The lowest BCUT2D eigenvalue weighted by atomic mass is 10.1. The molecule has 0 aliphatic rings. The summed E-state index contributed by atoms with van der Waals surface area (Å²) in [4.78, 5) is 17.5. The first-order chi connectivity index (χ1) is 6.15. The molecule has 0 fully saturated rings. The number of aromatic nitrogens is 2. The van der Waals surface area contributed by atoms with E-state index >= 15 is 0 Å². The van der Waals surface area contributed by atoms with Gasteiger partial charge in [0.15, 0.2) is 0 Å². The zero-order valence-electron chi connectivity index (χ0n) is 7.32. The Morgan fingerprint density at radius 2 is 2.38 bits per heavy atom. The van der Waals surface area contributed by atoms with Crippen molar-refractivity contribution in [2.45, 2.75) is 19.4 Å². The molecule has 5 heteroatoms. The average molecular weight is 184 g/mol. The summed E-state index contributed by atoms with van der Waals surface area (Å²) in [5.41, 5.74) is 0.736. The number of hydrogen-bond donors (Lipinski definition) is 3. The summed E-state index contributed by atoms with van der Waals surface area (Å²) < 4.78 is 0. The molecule has 1 aromatic rings. The lowest BCUT2D eigenvalue weighted by Gasteiger charge is -2.07. The highest BCUT2D eigenvalue weighted by Crippen LogP contribution is 2.00. The van der Waals surface area contributed by atoms with E-state index in [-0.39, 0.29) is 18.6 Å². The predicted octanol–water partition coefficient (Wildman–Crippen LogP) is -1.03. The Kier molecular flexibility index (Phi) is 3.16. The lowest BCUT2D eigenvalue weighted by Crippen LogP contribution is -2.23. The van der Waals surface area contributed by atoms with Gasteiger partial charge in [-0.2, -0.15) is 0 Å². The van der Waals surface area contributed by atoms with Crippen molar-refractivity contribution in [3.8, 4) is 0 Å². The van der Waals surface area contributed by atoms with Gasteiger partial charge in [0.05, 0.1) is 19.0 Å². The summed E-state index contributed by atoms with van der Waals surface area (Å²) in [6, 6.07) is 0. The Balaban J connectivity index is 2.93. The second kappa shape index (κ2) is 4.15. The molecule has 0 amide bonds. The highest BCUT2D eigenvalue weighted by Gasteiger charge is 2.10. The number of nitrogens with zero attached hydrogens (tertiary/aromatic N) is 1. The van der Waals surface area contributed by atoms with Crippen molar-refractivity contribution in [3.63, 3.8) is 0 Å². The molecule has 0 aliphatic carbocycles. The fourth-order valence-electron chi connectivity index (χ4n) is 1.06. The molecule has 0 spiro atoms. The van der Waals surface area contributed by atoms with Gasteiger partial charge < -0.3 is 15.2 Å². The molecule has 0 saturated carbocycles. The van der Waals surface area contributed by atoms with E-state index in [2.05, 4.69) is 9.97 Å². The number of hydrogen-bond acceptors (Lipinski definition) is 4. The van der Waals surface area contributed by atoms with Gasteiger partial charge >= 0.3 is 0 Å². The molecule has 5 nitrogen and oxygen atoms in total. The maximum Gasteiger partial charge on any atom is 0.254 e. The second-order valence-electron chi connectivity index (χ2n) is 2.84. The van der Waals surface area contributed by atoms with E-state index in [0.29, 0.717) is 11.3 Å². The monoisotopic (exact) mass is 184 g/mol. The van der Waals surface area contributed by atoms with Crippen molar-refractivity contribution in [2.75, 3.05) is 6.61 Å². The third-order valence-corrected chi connectivity index (χ3v) is 1.82. The summed E-state index contributed by atoms with van der Waals surface area (Å²) >= 11 is 0. The molecule has 1 heterocycles. The van der Waals surface area contributed by atoms with Crippen LogP contribution in [-0.2, 0) is 6.42 Å². The standard InChI is InChI=1S/C8H12N2O3/c1-5-7(2-6(12)3-11)8(13)10-4-9-5/h4,6,11-12H,2-3H2,1H3,(H,9,10,13). The number of aryl methyl sites for hydroxylation is 1. The molecule has 3 N–H and O–H groups in total. The largest absolute Gasteiger partial charge is 0.394 e. The summed E-state index contributed by atoms with van der Waals surface area (Å²) in [6.45, 7) is 1.34. The van der Waals surface area contributed by atoms with Crippen molar-refractivity contribution in [1.29, 1.82) is 0 Å². The fourth-order valence-corrected chi connectivity index (χ4v) is 1.06. The SMILES string of the molecule is Cc1nc[nH]c(=O)c1CC(O)CO. The molecule has 0 aromatic carbocycles. The zero-order chi connectivity index (χ0) is 9.84. The molecular weight excluding hydrogens is 172 g/mol. The van der Waals surface area contributed by atoms with Crippen LogP contribution in [0.2, 0.25) is 0 Å². The van der Waals surface area contributed by atoms with E-state index in [1.807, 2.05) is 0 Å². The van der Waals surface area contributed by atoms with Crippen LogP contribution in [-0.4, -0.2) is 32.9 Å². The first-order valence-electron chi connectivity index (χ1n) is 3.97. The summed E-state index contributed by atoms with van der Waals surface area (Å²) in [7, 11) is 0. The summed E-state index contributed by atoms with van der Waals surface area (Å²) in [5, 5.41) is 17.7. The molecule has 1 rings (SSSR count). The van der Waals surface area contributed by atoms with Gasteiger partial charge in [0, 0.05) is 17.7 Å². The molecule has 0 radical (unpaired) electrons. The highest BCUT2D eigenvalue weighted by molar-refractivity contribution is 5.15. The van der Waals surface area contributed by atoms with Crippen LogP contribution in [0, 0.1) is 6.92 Å². The van der Waals surface area contributed by atoms with Gasteiger partial charge in [-0.05, 0) is 6.92 Å². The van der Waals surface area contributed by atoms with Gasteiger partial charge in [-0.3, -0.25) is 4.79 Å². The lowest BCUT2D eigenvalue weighted by molar-refractivity contribution is 0.0950. The van der Waals surface area contributed by atoms with E-state index < -0.39 is 6.10 Å². The second-order valence-corrected chi connectivity index (χ2v) is 2.84. The van der Waals surface area contributed by atoms with Crippen LogP contribution in [0.5, 0.6) is 0 Å². The first kappa shape index (κ1) is 9.88. The van der Waals surface area contributed by atoms with Crippen molar-refractivity contribution >= 4 is 0 Å². The molecular formula is C8H12N2O3. The smallest absolute Gasteiger partial charge is 0.254 e. The molecule has 72 valence electrons. The molecule has 1 unspecified atom stereocenters. The number of rotatable bonds is 3. The Morgan fingerprint density at radius 1 is 1.69 bits per heavy atom. The predicted molar refractivity (Wildman–Crippen MR) is 46.4 cm³/mol. The number of aromatic amines is 1. The van der Waals surface area contributed by atoms with Gasteiger partial charge in [0.25, 0.3) is 5.56 Å². The van der Waals surface area contributed by atoms with Gasteiger partial charge in [-0.1, -0.05) is 0 Å². The molecule has 13 heavy (non-hydrogen) atoms. The van der Waals surface area contributed by atoms with Crippen LogP contribution >= 0.6 is 0 Å². The van der Waals surface area contributed by atoms with Crippen molar-refractivity contribution in [2.24, 2.45) is 0 Å². The number of aliphatic hydroxyl groups excluding tert-OH is 2. The average Bonchev–Trinajstić information content (AvgIpc) is 2.11. The van der Waals surface area contributed by atoms with E-state index in [0.717, 1.165) is 0 Å². The van der Waals surface area contributed by atoms with Crippen molar-refractivity contribution in [3.05, 3.63) is 27.9 Å². The summed E-state index contributed by atoms with van der Waals surface area (Å²) in [5.74, 6) is 0. The normalized spacial score (nSPS) is 12.8. The number of aliphatic hydroxyl groups is 2. The Labute approximate surface area is 75.1 Å². The van der Waals surface area contributed by atoms with Crippen LogP contribution in [0.15, 0.2) is 11.1 Å². The van der Waals surface area contributed by atoms with Gasteiger partial charge in [0.1, 0.15) is 0 Å². The molecule has 1 atom stereocenters. The van der Waals surface area contributed by atoms with E-state index in [9.17, 15) is 4.79 Å². The van der Waals surface area contributed by atoms with Crippen LogP contribution in [0.1, 0.15) is 11.3 Å². The maximum atomic E-state index is 11.2. The van der Waals surface area contributed by atoms with Crippen LogP contribution in [0.4, 0.5) is 0 Å². The molecule has 0 saturated heterocycles. The topological polar surface area (TPSA) is 86.2 Å². The van der Waals surface area contributed by atoms with Crippen LogP contribution in [0.3, 0.4) is 0 Å². The molecule has 0 aliphatic heterocycles.